The number of hydrogen-bond acceptors (Lipinski definition) is 3. The lowest BCUT2D eigenvalue weighted by Crippen LogP contribution is -2.34. The second-order valence-corrected chi connectivity index (χ2v) is 6.38. The molecule has 0 fully saturated rings. The summed E-state index contributed by atoms with van der Waals surface area (Å²) in [5.41, 5.74) is 1.23. The van der Waals surface area contributed by atoms with Gasteiger partial charge in [-0.2, -0.15) is 0 Å². The van der Waals surface area contributed by atoms with Crippen LogP contribution in [0.4, 0.5) is 0 Å². The monoisotopic (exact) mass is 269 g/mol. The molecule has 0 bridgehead atoms. The van der Waals surface area contributed by atoms with Crippen LogP contribution in [0.25, 0.3) is 0 Å². The van der Waals surface area contributed by atoms with Crippen molar-refractivity contribution in [2.45, 2.75) is 46.7 Å². The SMILES string of the molecule is COP(Oc1ccc(C)cc1)N(C(C)C)C(C)C. The van der Waals surface area contributed by atoms with Crippen LogP contribution in [0, 0.1) is 6.92 Å². The second kappa shape index (κ2) is 7.08. The largest absolute Gasteiger partial charge is 0.436 e. The van der Waals surface area contributed by atoms with Crippen molar-refractivity contribution in [3.8, 4) is 5.75 Å². The Labute approximate surface area is 112 Å². The van der Waals surface area contributed by atoms with E-state index in [0.29, 0.717) is 12.1 Å². The van der Waals surface area contributed by atoms with Crippen LogP contribution in [0.15, 0.2) is 24.3 Å². The second-order valence-electron chi connectivity index (χ2n) is 4.89. The normalized spacial score (nSPS) is 13.4. The third-order valence-corrected chi connectivity index (χ3v) is 4.59. The Bertz CT molecular complexity index is 343. The number of benzene rings is 1. The van der Waals surface area contributed by atoms with Gasteiger partial charge in [-0.15, -0.1) is 0 Å². The Balaban J connectivity index is 2.79. The van der Waals surface area contributed by atoms with Gasteiger partial charge in [0.15, 0.2) is 0 Å². The Morgan fingerprint density at radius 3 is 1.89 bits per heavy atom. The zero-order valence-electron chi connectivity index (χ0n) is 12.2. The molecule has 0 radical (unpaired) electrons. The predicted molar refractivity (Wildman–Crippen MR) is 77.8 cm³/mol. The van der Waals surface area contributed by atoms with Crippen LogP contribution in [0.1, 0.15) is 33.3 Å². The minimum absolute atomic E-state index is 0.390. The molecule has 0 spiro atoms. The molecule has 1 atom stereocenters. The van der Waals surface area contributed by atoms with Crippen LogP contribution < -0.4 is 4.52 Å². The lowest BCUT2D eigenvalue weighted by atomic mass is 10.2. The van der Waals surface area contributed by atoms with Crippen LogP contribution in [0.2, 0.25) is 0 Å². The standard InChI is InChI=1S/C14H24NO2P/c1-11(2)15(12(3)4)18(16-6)17-14-9-7-13(5)8-10-14/h7-12H,1-6H3. The Hall–Kier alpha value is -0.630. The van der Waals surface area contributed by atoms with E-state index < -0.39 is 8.53 Å². The van der Waals surface area contributed by atoms with Gasteiger partial charge in [0.25, 0.3) is 0 Å². The maximum absolute atomic E-state index is 5.97. The van der Waals surface area contributed by atoms with Crippen LogP contribution >= 0.6 is 8.53 Å². The molecule has 102 valence electrons. The molecule has 1 rings (SSSR count). The van der Waals surface area contributed by atoms with Crippen molar-refractivity contribution in [1.29, 1.82) is 0 Å². The van der Waals surface area contributed by atoms with Crippen LogP contribution in [-0.2, 0) is 4.52 Å². The fraction of sp³-hybridized carbons (Fsp3) is 0.571. The Morgan fingerprint density at radius 2 is 1.50 bits per heavy atom. The van der Waals surface area contributed by atoms with Gasteiger partial charge in [0.1, 0.15) is 5.75 Å². The first-order valence-corrected chi connectivity index (χ1v) is 7.45. The molecule has 0 saturated carbocycles. The lowest BCUT2D eigenvalue weighted by Gasteiger charge is -2.34. The van der Waals surface area contributed by atoms with Gasteiger partial charge >= 0.3 is 8.53 Å². The molecular weight excluding hydrogens is 245 g/mol. The van der Waals surface area contributed by atoms with E-state index in [1.54, 1.807) is 7.11 Å². The third kappa shape index (κ3) is 4.24. The lowest BCUT2D eigenvalue weighted by molar-refractivity contribution is 0.242. The van der Waals surface area contributed by atoms with Crippen molar-refractivity contribution in [1.82, 2.24) is 4.67 Å². The highest BCUT2D eigenvalue weighted by Crippen LogP contribution is 2.45. The van der Waals surface area contributed by atoms with Gasteiger partial charge in [0, 0.05) is 19.2 Å². The topological polar surface area (TPSA) is 21.7 Å². The van der Waals surface area contributed by atoms with Crippen LogP contribution in [-0.4, -0.2) is 23.9 Å². The molecule has 0 aliphatic rings. The van der Waals surface area contributed by atoms with Crippen LogP contribution in [0.5, 0.6) is 5.75 Å². The summed E-state index contributed by atoms with van der Waals surface area (Å²) in [5, 5.41) is 0. The van der Waals surface area contributed by atoms with E-state index in [1.165, 1.54) is 5.56 Å². The zero-order valence-corrected chi connectivity index (χ0v) is 13.1. The van der Waals surface area contributed by atoms with Gasteiger partial charge in [-0.05, 0) is 46.8 Å². The molecule has 18 heavy (non-hydrogen) atoms. The first-order chi connectivity index (χ1) is 8.45. The predicted octanol–water partition coefficient (Wildman–Crippen LogP) is 4.37. The van der Waals surface area contributed by atoms with Crippen LogP contribution in [0.3, 0.4) is 0 Å². The van der Waals surface area contributed by atoms with Gasteiger partial charge in [-0.3, -0.25) is 0 Å². The highest BCUT2D eigenvalue weighted by atomic mass is 31.2. The molecule has 0 aromatic heterocycles. The molecule has 1 aromatic carbocycles. The van der Waals surface area contributed by atoms with Crippen molar-refractivity contribution in [3.63, 3.8) is 0 Å². The summed E-state index contributed by atoms with van der Waals surface area (Å²) in [6.07, 6.45) is 0. The van der Waals surface area contributed by atoms with E-state index in [9.17, 15) is 0 Å². The molecule has 1 aromatic rings. The van der Waals surface area contributed by atoms with E-state index in [0.717, 1.165) is 5.75 Å². The van der Waals surface area contributed by atoms with Gasteiger partial charge in [0.2, 0.25) is 0 Å². The summed E-state index contributed by atoms with van der Waals surface area (Å²) in [6.45, 7) is 10.7. The smallest absolute Gasteiger partial charge is 0.321 e. The average molecular weight is 269 g/mol. The van der Waals surface area contributed by atoms with E-state index in [1.807, 2.05) is 24.3 Å². The molecule has 0 aliphatic heterocycles. The molecule has 4 heteroatoms. The van der Waals surface area contributed by atoms with Crippen molar-refractivity contribution in [2.75, 3.05) is 7.11 Å². The average Bonchev–Trinajstić information content (AvgIpc) is 2.30. The Kier molecular flexibility index (Phi) is 6.07. The summed E-state index contributed by atoms with van der Waals surface area (Å²) in [6, 6.07) is 8.86. The van der Waals surface area contributed by atoms with Crippen molar-refractivity contribution < 1.29 is 9.05 Å². The summed E-state index contributed by atoms with van der Waals surface area (Å²) < 4.78 is 13.8. The van der Waals surface area contributed by atoms with E-state index >= 15 is 0 Å². The molecule has 3 nitrogen and oxygen atoms in total. The molecule has 0 N–H and O–H groups in total. The van der Waals surface area contributed by atoms with Crippen molar-refractivity contribution >= 4 is 8.53 Å². The summed E-state index contributed by atoms with van der Waals surface area (Å²) in [4.78, 5) is 0. The molecule has 0 aliphatic carbocycles. The highest BCUT2D eigenvalue weighted by Gasteiger charge is 2.27. The number of aryl methyl sites for hydroxylation is 1. The summed E-state index contributed by atoms with van der Waals surface area (Å²) >= 11 is 0. The molecule has 0 amide bonds. The van der Waals surface area contributed by atoms with Crippen molar-refractivity contribution in [2.24, 2.45) is 0 Å². The first-order valence-electron chi connectivity index (χ1n) is 6.32. The fourth-order valence-corrected chi connectivity index (χ4v) is 3.26. The molecular formula is C14H24NO2P. The third-order valence-electron chi connectivity index (χ3n) is 2.61. The molecule has 1 unspecified atom stereocenters. The summed E-state index contributed by atoms with van der Waals surface area (Å²) in [7, 11) is 0.653. The van der Waals surface area contributed by atoms with E-state index in [4.69, 9.17) is 9.05 Å². The number of nitrogens with zero attached hydrogens (tertiary/aromatic N) is 1. The van der Waals surface area contributed by atoms with Gasteiger partial charge in [-0.25, -0.2) is 4.67 Å². The minimum atomic E-state index is -1.05. The highest BCUT2D eigenvalue weighted by molar-refractivity contribution is 7.45. The maximum Gasteiger partial charge on any atom is 0.321 e. The van der Waals surface area contributed by atoms with E-state index in [-0.39, 0.29) is 0 Å². The minimum Gasteiger partial charge on any atom is -0.436 e. The van der Waals surface area contributed by atoms with Gasteiger partial charge in [-0.1, -0.05) is 17.7 Å². The summed E-state index contributed by atoms with van der Waals surface area (Å²) in [5.74, 6) is 0.861. The molecule has 0 heterocycles. The molecule has 0 saturated heterocycles. The number of rotatable bonds is 6. The van der Waals surface area contributed by atoms with Crippen molar-refractivity contribution in [3.05, 3.63) is 29.8 Å². The number of hydrogen-bond donors (Lipinski definition) is 0. The van der Waals surface area contributed by atoms with Gasteiger partial charge < -0.3 is 9.05 Å². The first kappa shape index (κ1) is 15.4. The fourth-order valence-electron chi connectivity index (χ4n) is 1.84. The maximum atomic E-state index is 5.97. The van der Waals surface area contributed by atoms with Gasteiger partial charge in [0.05, 0.1) is 0 Å². The quantitative estimate of drug-likeness (QED) is 0.716. The zero-order chi connectivity index (χ0) is 13.7. The van der Waals surface area contributed by atoms with E-state index in [2.05, 4.69) is 39.3 Å². The Morgan fingerprint density at radius 1 is 1.00 bits per heavy atom.